The van der Waals surface area contributed by atoms with Gasteiger partial charge in [0.05, 0.1) is 5.75 Å². The number of sulfonamides is 1. The molecule has 0 bridgehead atoms. The van der Waals surface area contributed by atoms with Crippen LogP contribution in [0.15, 0.2) is 18.5 Å². The Labute approximate surface area is 127 Å². The average Bonchev–Trinajstić information content (AvgIpc) is 2.53. The van der Waals surface area contributed by atoms with E-state index < -0.39 is 10.0 Å². The Bertz CT molecular complexity index is 513. The molecule has 0 amide bonds. The zero-order valence-corrected chi connectivity index (χ0v) is 13.3. The number of nitrogens with zero attached hydrogens (tertiary/aromatic N) is 3. The first kappa shape index (κ1) is 16.2. The molecule has 0 radical (unpaired) electrons. The van der Waals surface area contributed by atoms with Crippen LogP contribution in [0.2, 0.25) is 0 Å². The van der Waals surface area contributed by atoms with Crippen molar-refractivity contribution in [2.75, 3.05) is 30.3 Å². The van der Waals surface area contributed by atoms with Gasteiger partial charge in [-0.25, -0.2) is 23.1 Å². The normalized spacial score (nSPS) is 17.1. The predicted molar refractivity (Wildman–Crippen MR) is 83.7 cm³/mol. The van der Waals surface area contributed by atoms with E-state index in [0.29, 0.717) is 12.5 Å². The number of unbranched alkanes of at least 4 members (excludes halogenated alkanes) is 1. The smallest absolute Gasteiger partial charge is 0.225 e. The van der Waals surface area contributed by atoms with E-state index in [1.165, 1.54) is 0 Å². The summed E-state index contributed by atoms with van der Waals surface area (Å²) < 4.78 is 26.3. The summed E-state index contributed by atoms with van der Waals surface area (Å²) in [5.41, 5.74) is 0. The minimum absolute atomic E-state index is 0.236. The first-order valence-corrected chi connectivity index (χ1v) is 9.25. The molecule has 2 rings (SSSR count). The fraction of sp³-hybridized carbons (Fsp3) is 0.714. The monoisotopic (exact) mass is 312 g/mol. The molecule has 1 N–H and O–H groups in total. The van der Waals surface area contributed by atoms with E-state index in [9.17, 15) is 8.42 Å². The molecule has 0 aliphatic carbocycles. The summed E-state index contributed by atoms with van der Waals surface area (Å²) >= 11 is 0. The van der Waals surface area contributed by atoms with Crippen LogP contribution in [0.5, 0.6) is 0 Å². The van der Waals surface area contributed by atoms with Crippen molar-refractivity contribution in [3.05, 3.63) is 18.5 Å². The van der Waals surface area contributed by atoms with E-state index in [2.05, 4.69) is 19.6 Å². The molecule has 1 aromatic heterocycles. The van der Waals surface area contributed by atoms with E-state index in [0.717, 1.165) is 44.7 Å². The van der Waals surface area contributed by atoms with Gasteiger partial charge >= 0.3 is 0 Å². The van der Waals surface area contributed by atoms with Crippen molar-refractivity contribution in [2.45, 2.75) is 32.6 Å². The van der Waals surface area contributed by atoms with Crippen LogP contribution in [0.3, 0.4) is 0 Å². The standard InChI is InChI=1S/C14H24N4O2S/c1-2-3-11-21(19,20)17-12-13-5-9-18(10-6-13)14-15-7-4-8-16-14/h4,7-8,13,17H,2-3,5-6,9-12H2,1H3. The number of rotatable bonds is 7. The molecule has 0 spiro atoms. The second-order valence-corrected chi connectivity index (χ2v) is 7.43. The average molecular weight is 312 g/mol. The lowest BCUT2D eigenvalue weighted by molar-refractivity contribution is 0.399. The molecule has 1 saturated heterocycles. The summed E-state index contributed by atoms with van der Waals surface area (Å²) in [6.45, 7) is 4.31. The molecule has 0 unspecified atom stereocenters. The Hall–Kier alpha value is -1.21. The van der Waals surface area contributed by atoms with Crippen LogP contribution in [0.4, 0.5) is 5.95 Å². The van der Waals surface area contributed by atoms with Gasteiger partial charge in [0.2, 0.25) is 16.0 Å². The highest BCUT2D eigenvalue weighted by atomic mass is 32.2. The molecule has 118 valence electrons. The maximum absolute atomic E-state index is 11.8. The Morgan fingerprint density at radius 1 is 1.29 bits per heavy atom. The number of piperidine rings is 1. The predicted octanol–water partition coefficient (Wildman–Crippen LogP) is 1.41. The SMILES string of the molecule is CCCCS(=O)(=O)NCC1CCN(c2ncccn2)CC1. The maximum atomic E-state index is 11.8. The third-order valence-corrected chi connectivity index (χ3v) is 5.24. The molecule has 0 saturated carbocycles. The molecule has 0 aromatic carbocycles. The number of hydrogen-bond acceptors (Lipinski definition) is 5. The van der Waals surface area contributed by atoms with Gasteiger partial charge < -0.3 is 4.90 Å². The molecule has 0 atom stereocenters. The van der Waals surface area contributed by atoms with Crippen LogP contribution in [0.1, 0.15) is 32.6 Å². The molecule has 1 fully saturated rings. The van der Waals surface area contributed by atoms with Gasteiger partial charge in [-0.1, -0.05) is 13.3 Å². The van der Waals surface area contributed by atoms with Gasteiger partial charge in [0, 0.05) is 32.0 Å². The van der Waals surface area contributed by atoms with Gasteiger partial charge in [0.1, 0.15) is 0 Å². The zero-order valence-electron chi connectivity index (χ0n) is 12.5. The lowest BCUT2D eigenvalue weighted by Gasteiger charge is -2.31. The summed E-state index contributed by atoms with van der Waals surface area (Å²) in [5, 5.41) is 0. The first-order valence-electron chi connectivity index (χ1n) is 7.60. The molecule has 1 aromatic rings. The van der Waals surface area contributed by atoms with E-state index in [4.69, 9.17) is 0 Å². The Morgan fingerprint density at radius 2 is 1.95 bits per heavy atom. The van der Waals surface area contributed by atoms with E-state index in [1.807, 2.05) is 6.92 Å². The lowest BCUT2D eigenvalue weighted by atomic mass is 9.97. The molecule has 7 heteroatoms. The quantitative estimate of drug-likeness (QED) is 0.824. The first-order chi connectivity index (χ1) is 10.1. The summed E-state index contributed by atoms with van der Waals surface area (Å²) in [5.74, 6) is 1.40. The van der Waals surface area contributed by atoms with E-state index in [-0.39, 0.29) is 5.75 Å². The molecule has 1 aliphatic rings. The van der Waals surface area contributed by atoms with Crippen LogP contribution in [0.25, 0.3) is 0 Å². The van der Waals surface area contributed by atoms with Crippen molar-refractivity contribution in [2.24, 2.45) is 5.92 Å². The van der Waals surface area contributed by atoms with Gasteiger partial charge in [0.25, 0.3) is 0 Å². The van der Waals surface area contributed by atoms with E-state index in [1.54, 1.807) is 18.5 Å². The number of aromatic nitrogens is 2. The minimum atomic E-state index is -3.10. The fourth-order valence-electron chi connectivity index (χ4n) is 2.44. The third kappa shape index (κ3) is 5.24. The molecular weight excluding hydrogens is 288 g/mol. The largest absolute Gasteiger partial charge is 0.341 e. The third-order valence-electron chi connectivity index (χ3n) is 3.81. The summed E-state index contributed by atoms with van der Waals surface area (Å²) in [6, 6.07) is 1.81. The molecule has 2 heterocycles. The zero-order chi connectivity index (χ0) is 15.1. The Balaban J connectivity index is 1.74. The van der Waals surface area contributed by atoms with Gasteiger partial charge in [0.15, 0.2) is 0 Å². The van der Waals surface area contributed by atoms with Crippen LogP contribution in [-0.4, -0.2) is 43.8 Å². The number of hydrogen-bond donors (Lipinski definition) is 1. The summed E-state index contributed by atoms with van der Waals surface area (Å²) in [7, 11) is -3.10. The van der Waals surface area contributed by atoms with Crippen molar-refractivity contribution < 1.29 is 8.42 Å². The number of nitrogens with one attached hydrogen (secondary N) is 1. The van der Waals surface area contributed by atoms with Crippen molar-refractivity contribution in [1.82, 2.24) is 14.7 Å². The van der Waals surface area contributed by atoms with Gasteiger partial charge in [-0.2, -0.15) is 0 Å². The van der Waals surface area contributed by atoms with Gasteiger partial charge in [-0.15, -0.1) is 0 Å². The second-order valence-electron chi connectivity index (χ2n) is 5.50. The van der Waals surface area contributed by atoms with Crippen molar-refractivity contribution in [3.63, 3.8) is 0 Å². The van der Waals surface area contributed by atoms with Gasteiger partial charge in [-0.05, 0) is 31.2 Å². The van der Waals surface area contributed by atoms with Crippen molar-refractivity contribution >= 4 is 16.0 Å². The maximum Gasteiger partial charge on any atom is 0.225 e. The molecule has 6 nitrogen and oxygen atoms in total. The Kier molecular flexibility index (Phi) is 5.93. The van der Waals surface area contributed by atoms with Crippen LogP contribution >= 0.6 is 0 Å². The van der Waals surface area contributed by atoms with Crippen molar-refractivity contribution in [1.29, 1.82) is 0 Å². The van der Waals surface area contributed by atoms with Crippen LogP contribution in [0, 0.1) is 5.92 Å². The molecule has 21 heavy (non-hydrogen) atoms. The topological polar surface area (TPSA) is 75.2 Å². The highest BCUT2D eigenvalue weighted by Crippen LogP contribution is 2.19. The minimum Gasteiger partial charge on any atom is -0.341 e. The fourth-order valence-corrected chi connectivity index (χ4v) is 3.75. The molecule has 1 aliphatic heterocycles. The lowest BCUT2D eigenvalue weighted by Crippen LogP contribution is -2.39. The molecular formula is C14H24N4O2S. The Morgan fingerprint density at radius 3 is 2.57 bits per heavy atom. The van der Waals surface area contributed by atoms with Crippen LogP contribution < -0.4 is 9.62 Å². The highest BCUT2D eigenvalue weighted by molar-refractivity contribution is 7.89. The van der Waals surface area contributed by atoms with E-state index >= 15 is 0 Å². The summed E-state index contributed by atoms with van der Waals surface area (Å²) in [6.07, 6.45) is 7.05. The van der Waals surface area contributed by atoms with Crippen LogP contribution in [-0.2, 0) is 10.0 Å². The highest BCUT2D eigenvalue weighted by Gasteiger charge is 2.22. The van der Waals surface area contributed by atoms with Crippen molar-refractivity contribution in [3.8, 4) is 0 Å². The summed E-state index contributed by atoms with van der Waals surface area (Å²) in [4.78, 5) is 10.7. The second kappa shape index (κ2) is 7.70. The van der Waals surface area contributed by atoms with Gasteiger partial charge in [-0.3, -0.25) is 0 Å². The number of anilines is 1.